The van der Waals surface area contributed by atoms with Crippen LogP contribution in [0.3, 0.4) is 0 Å². The fourth-order valence-corrected chi connectivity index (χ4v) is 2.24. The molecule has 25 heavy (non-hydrogen) atoms. The van der Waals surface area contributed by atoms with Crippen molar-refractivity contribution in [3.05, 3.63) is 72.3 Å². The van der Waals surface area contributed by atoms with Crippen LogP contribution >= 0.6 is 0 Å². The molecule has 0 bridgehead atoms. The minimum atomic E-state index is -0.203. The first-order chi connectivity index (χ1) is 12.0. The van der Waals surface area contributed by atoms with E-state index in [2.05, 4.69) is 11.9 Å². The molecule has 0 fully saturated rings. The van der Waals surface area contributed by atoms with Crippen LogP contribution in [-0.2, 0) is 4.79 Å². The number of anilines is 1. The zero-order chi connectivity index (χ0) is 18.2. The highest BCUT2D eigenvalue weighted by atomic mass is 16.5. The lowest BCUT2D eigenvalue weighted by Crippen LogP contribution is -2.28. The number of rotatable bonds is 7. The van der Waals surface area contributed by atoms with E-state index >= 15 is 0 Å². The summed E-state index contributed by atoms with van der Waals surface area (Å²) in [6, 6.07) is 14.6. The van der Waals surface area contributed by atoms with E-state index in [1.807, 2.05) is 31.2 Å². The fraction of sp³-hybridized carbons (Fsp3) is 0.200. The minimum Gasteiger partial charge on any atom is -0.492 e. The van der Waals surface area contributed by atoms with E-state index < -0.39 is 0 Å². The van der Waals surface area contributed by atoms with Gasteiger partial charge in [-0.3, -0.25) is 9.59 Å². The number of hydrogen-bond acceptors (Lipinski definition) is 3. The topological polar surface area (TPSA) is 58.6 Å². The number of nitrogens with one attached hydrogen (secondary N) is 1. The first kappa shape index (κ1) is 18.3. The first-order valence-electron chi connectivity index (χ1n) is 7.99. The Balaban J connectivity index is 1.82. The number of amides is 2. The largest absolute Gasteiger partial charge is 0.492 e. The number of nitrogens with zero attached hydrogens (tertiary/aromatic N) is 1. The van der Waals surface area contributed by atoms with Crippen LogP contribution < -0.4 is 15.0 Å². The first-order valence-corrected chi connectivity index (χ1v) is 7.99. The molecule has 0 aliphatic heterocycles. The number of aryl methyl sites for hydroxylation is 1. The Morgan fingerprint density at radius 3 is 2.56 bits per heavy atom. The van der Waals surface area contributed by atoms with Gasteiger partial charge in [0.05, 0.1) is 6.54 Å². The molecule has 5 heteroatoms. The molecular weight excluding hydrogens is 316 g/mol. The summed E-state index contributed by atoms with van der Waals surface area (Å²) in [5, 5.41) is 2.81. The zero-order valence-electron chi connectivity index (χ0n) is 14.5. The van der Waals surface area contributed by atoms with E-state index in [9.17, 15) is 9.59 Å². The minimum absolute atomic E-state index is 0.183. The summed E-state index contributed by atoms with van der Waals surface area (Å²) in [4.78, 5) is 25.1. The quantitative estimate of drug-likeness (QED) is 0.624. The Morgan fingerprint density at radius 1 is 1.20 bits per heavy atom. The number of carbonyl (C=O) groups is 2. The summed E-state index contributed by atoms with van der Waals surface area (Å²) < 4.78 is 5.59. The summed E-state index contributed by atoms with van der Waals surface area (Å²) in [6.45, 7) is 6.25. The highest BCUT2D eigenvalue weighted by molar-refractivity contribution is 6.01. The highest BCUT2D eigenvalue weighted by Crippen LogP contribution is 2.14. The third-order valence-electron chi connectivity index (χ3n) is 3.67. The summed E-state index contributed by atoms with van der Waals surface area (Å²) in [5.41, 5.74) is 2.35. The standard InChI is InChI=1S/C20H22N2O3/c1-4-19(23)22(3)17-10-8-16(9-11-17)20(24)21-12-13-25-18-7-5-6-15(2)14-18/h4-11,14H,1,12-13H2,2-3H3,(H,21,24). The van der Waals surface area contributed by atoms with Crippen molar-refractivity contribution in [2.75, 3.05) is 25.1 Å². The Morgan fingerprint density at radius 2 is 1.92 bits per heavy atom. The summed E-state index contributed by atoms with van der Waals surface area (Å²) in [5.74, 6) is 0.399. The summed E-state index contributed by atoms with van der Waals surface area (Å²) in [6.07, 6.45) is 1.24. The molecule has 0 saturated heterocycles. The Bertz CT molecular complexity index is 754. The predicted molar refractivity (Wildman–Crippen MR) is 99.1 cm³/mol. The van der Waals surface area contributed by atoms with E-state index in [0.29, 0.717) is 24.4 Å². The molecular formula is C20H22N2O3. The van der Waals surface area contributed by atoms with Crippen LogP contribution in [0.15, 0.2) is 61.2 Å². The van der Waals surface area contributed by atoms with Gasteiger partial charge in [-0.1, -0.05) is 18.7 Å². The summed E-state index contributed by atoms with van der Waals surface area (Å²) in [7, 11) is 1.65. The van der Waals surface area contributed by atoms with Gasteiger partial charge in [-0.15, -0.1) is 0 Å². The van der Waals surface area contributed by atoms with Gasteiger partial charge in [-0.05, 0) is 55.0 Å². The lowest BCUT2D eigenvalue weighted by molar-refractivity contribution is -0.113. The van der Waals surface area contributed by atoms with Gasteiger partial charge in [-0.25, -0.2) is 0 Å². The third kappa shape index (κ3) is 5.21. The van der Waals surface area contributed by atoms with E-state index in [1.165, 1.54) is 11.0 Å². The molecule has 0 heterocycles. The van der Waals surface area contributed by atoms with Crippen LogP contribution in [0, 0.1) is 6.92 Å². The average Bonchev–Trinajstić information content (AvgIpc) is 2.64. The number of carbonyl (C=O) groups excluding carboxylic acids is 2. The van der Waals surface area contributed by atoms with Gasteiger partial charge in [0.1, 0.15) is 12.4 Å². The lowest BCUT2D eigenvalue weighted by atomic mass is 10.2. The van der Waals surface area contributed by atoms with Crippen LogP contribution in [-0.4, -0.2) is 32.0 Å². The van der Waals surface area contributed by atoms with Gasteiger partial charge >= 0.3 is 0 Å². The zero-order valence-corrected chi connectivity index (χ0v) is 14.5. The fourth-order valence-electron chi connectivity index (χ4n) is 2.24. The van der Waals surface area contributed by atoms with Crippen LogP contribution in [0.1, 0.15) is 15.9 Å². The lowest BCUT2D eigenvalue weighted by Gasteiger charge is -2.15. The summed E-state index contributed by atoms with van der Waals surface area (Å²) >= 11 is 0. The molecule has 0 unspecified atom stereocenters. The number of benzene rings is 2. The van der Waals surface area contributed by atoms with Crippen LogP contribution in [0.5, 0.6) is 5.75 Å². The predicted octanol–water partition coefficient (Wildman–Crippen LogP) is 2.95. The molecule has 2 aromatic carbocycles. The molecule has 0 aliphatic carbocycles. The molecule has 0 aromatic heterocycles. The maximum atomic E-state index is 12.1. The van der Waals surface area contributed by atoms with Crippen molar-refractivity contribution in [3.63, 3.8) is 0 Å². The molecule has 0 saturated carbocycles. The second-order valence-corrected chi connectivity index (χ2v) is 5.57. The van der Waals surface area contributed by atoms with Crippen LogP contribution in [0.2, 0.25) is 0 Å². The van der Waals surface area contributed by atoms with Gasteiger partial charge in [0.15, 0.2) is 0 Å². The number of ether oxygens (including phenoxy) is 1. The van der Waals surface area contributed by atoms with Gasteiger partial charge < -0.3 is 15.0 Å². The van der Waals surface area contributed by atoms with Crippen molar-refractivity contribution in [1.29, 1.82) is 0 Å². The molecule has 2 aromatic rings. The van der Waals surface area contributed by atoms with E-state index in [4.69, 9.17) is 4.74 Å². The van der Waals surface area contributed by atoms with E-state index in [1.54, 1.807) is 31.3 Å². The van der Waals surface area contributed by atoms with Gasteiger partial charge in [0.2, 0.25) is 5.91 Å². The van der Waals surface area contributed by atoms with Crippen molar-refractivity contribution in [2.24, 2.45) is 0 Å². The van der Waals surface area contributed by atoms with Gasteiger partial charge in [0, 0.05) is 18.3 Å². The molecule has 130 valence electrons. The molecule has 0 radical (unpaired) electrons. The maximum Gasteiger partial charge on any atom is 0.251 e. The smallest absolute Gasteiger partial charge is 0.251 e. The van der Waals surface area contributed by atoms with E-state index in [-0.39, 0.29) is 11.8 Å². The normalized spacial score (nSPS) is 10.0. The monoisotopic (exact) mass is 338 g/mol. The van der Waals surface area contributed by atoms with Crippen molar-refractivity contribution >= 4 is 17.5 Å². The van der Waals surface area contributed by atoms with Crippen LogP contribution in [0.25, 0.3) is 0 Å². The van der Waals surface area contributed by atoms with Crippen molar-refractivity contribution in [2.45, 2.75) is 6.92 Å². The number of likely N-dealkylation sites (N-methyl/N-ethyl adjacent to an activating group) is 1. The van der Waals surface area contributed by atoms with Crippen molar-refractivity contribution in [1.82, 2.24) is 5.32 Å². The average molecular weight is 338 g/mol. The molecule has 5 nitrogen and oxygen atoms in total. The molecule has 0 aliphatic rings. The Hall–Kier alpha value is -3.08. The second kappa shape index (κ2) is 8.68. The van der Waals surface area contributed by atoms with Gasteiger partial charge in [0.25, 0.3) is 5.91 Å². The van der Waals surface area contributed by atoms with E-state index in [0.717, 1.165) is 11.3 Å². The third-order valence-corrected chi connectivity index (χ3v) is 3.67. The van der Waals surface area contributed by atoms with Crippen LogP contribution in [0.4, 0.5) is 5.69 Å². The highest BCUT2D eigenvalue weighted by Gasteiger charge is 2.09. The molecule has 2 amide bonds. The molecule has 2 rings (SSSR count). The SMILES string of the molecule is C=CC(=O)N(C)c1ccc(C(=O)NCCOc2cccc(C)c2)cc1. The maximum absolute atomic E-state index is 12.1. The molecule has 0 spiro atoms. The Labute approximate surface area is 147 Å². The Kier molecular flexibility index (Phi) is 6.34. The van der Waals surface area contributed by atoms with Crippen molar-refractivity contribution < 1.29 is 14.3 Å². The van der Waals surface area contributed by atoms with Gasteiger partial charge in [-0.2, -0.15) is 0 Å². The van der Waals surface area contributed by atoms with Crippen molar-refractivity contribution in [3.8, 4) is 5.75 Å². The molecule has 0 atom stereocenters. The second-order valence-electron chi connectivity index (χ2n) is 5.57. The number of hydrogen-bond donors (Lipinski definition) is 1. The molecule has 1 N–H and O–H groups in total.